The Labute approximate surface area is 187 Å². The van der Waals surface area contributed by atoms with Crippen LogP contribution in [0.15, 0.2) is 71.6 Å². The predicted molar refractivity (Wildman–Crippen MR) is 116 cm³/mol. The second-order valence-corrected chi connectivity index (χ2v) is 7.93. The highest BCUT2D eigenvalue weighted by molar-refractivity contribution is 6.30. The monoisotopic (exact) mass is 451 g/mol. The zero-order chi connectivity index (χ0) is 21.4. The van der Waals surface area contributed by atoms with Crippen LogP contribution < -0.4 is 4.90 Å². The lowest BCUT2D eigenvalue weighted by Gasteiger charge is -2.25. The summed E-state index contributed by atoms with van der Waals surface area (Å²) >= 11 is 12.8. The third kappa shape index (κ3) is 3.66. The molecule has 9 heteroatoms. The molecule has 0 N–H and O–H groups in total. The van der Waals surface area contributed by atoms with Crippen molar-refractivity contribution in [2.75, 3.05) is 4.90 Å². The van der Waals surface area contributed by atoms with Crippen molar-refractivity contribution in [1.29, 1.82) is 0 Å². The van der Waals surface area contributed by atoms with Gasteiger partial charge in [-0.25, -0.2) is 9.97 Å². The van der Waals surface area contributed by atoms with Gasteiger partial charge in [0, 0.05) is 23.5 Å². The number of rotatable bonds is 5. The number of para-hydroxylation sites is 1. The van der Waals surface area contributed by atoms with E-state index in [1.165, 1.54) is 6.33 Å². The molecule has 0 radical (unpaired) electrons. The number of hydrogen-bond donors (Lipinski definition) is 0. The Kier molecular flexibility index (Phi) is 5.13. The number of ketones is 1. The number of fused-ring (bicyclic) bond motifs is 1. The topological polar surface area (TPSA) is 85.0 Å². The van der Waals surface area contributed by atoms with E-state index in [0.29, 0.717) is 17.3 Å². The van der Waals surface area contributed by atoms with Crippen LogP contribution in [-0.4, -0.2) is 31.4 Å². The van der Waals surface area contributed by atoms with Crippen LogP contribution in [0, 0.1) is 0 Å². The van der Waals surface area contributed by atoms with E-state index in [9.17, 15) is 4.79 Å². The molecule has 0 aliphatic carbocycles. The first-order chi connectivity index (χ1) is 15.1. The van der Waals surface area contributed by atoms with Crippen LogP contribution in [0.4, 0.5) is 5.69 Å². The third-order valence-electron chi connectivity index (χ3n) is 5.15. The average molecular weight is 452 g/mol. The second kappa shape index (κ2) is 8.09. The zero-order valence-corrected chi connectivity index (χ0v) is 17.5. The van der Waals surface area contributed by atoms with Crippen LogP contribution >= 0.6 is 23.2 Å². The summed E-state index contributed by atoms with van der Waals surface area (Å²) in [5, 5.41) is 4.55. The van der Waals surface area contributed by atoms with E-state index in [4.69, 9.17) is 27.7 Å². The maximum absolute atomic E-state index is 13.3. The van der Waals surface area contributed by atoms with Crippen molar-refractivity contribution in [3.05, 3.63) is 89.2 Å². The van der Waals surface area contributed by atoms with Crippen LogP contribution in [0.5, 0.6) is 0 Å². The standard InChI is InChI=1S/C22H15Cl2N5O2/c23-14-7-5-13(6-8-14)11-29-17-4-2-1-3-15(17)18(20(29)24)19(30)22-27-21(28-31-22)16-9-10-25-12-26-16/h1-10,12,18,20H,11H2. The highest BCUT2D eigenvalue weighted by Crippen LogP contribution is 2.45. The molecule has 2 atom stereocenters. The van der Waals surface area contributed by atoms with E-state index in [0.717, 1.165) is 16.8 Å². The lowest BCUT2D eigenvalue weighted by atomic mass is 9.96. The summed E-state index contributed by atoms with van der Waals surface area (Å²) in [6, 6.07) is 16.8. The van der Waals surface area contributed by atoms with Crippen LogP contribution in [0.2, 0.25) is 5.02 Å². The summed E-state index contributed by atoms with van der Waals surface area (Å²) in [5.41, 5.74) is 2.60. The largest absolute Gasteiger partial charge is 0.350 e. The first-order valence-corrected chi connectivity index (χ1v) is 10.3. The van der Waals surface area contributed by atoms with Crippen LogP contribution in [0.1, 0.15) is 27.7 Å². The van der Waals surface area contributed by atoms with Gasteiger partial charge in [-0.05, 0) is 35.4 Å². The number of Topliss-reactive ketones (excluding diaryl/α,β-unsaturated/α-hetero) is 1. The van der Waals surface area contributed by atoms with Gasteiger partial charge in [-0.15, -0.1) is 0 Å². The Morgan fingerprint density at radius 3 is 2.68 bits per heavy atom. The number of benzene rings is 2. The second-order valence-electron chi connectivity index (χ2n) is 7.05. The number of halogens is 2. The van der Waals surface area contributed by atoms with Crippen molar-refractivity contribution in [1.82, 2.24) is 20.1 Å². The zero-order valence-electron chi connectivity index (χ0n) is 16.0. The lowest BCUT2D eigenvalue weighted by Crippen LogP contribution is -2.32. The molecule has 0 saturated carbocycles. The molecule has 2 aromatic heterocycles. The molecule has 0 spiro atoms. The molecular formula is C22H15Cl2N5O2. The first kappa shape index (κ1) is 19.7. The van der Waals surface area contributed by atoms with Gasteiger partial charge >= 0.3 is 0 Å². The molecule has 4 aromatic rings. The fraction of sp³-hybridized carbons (Fsp3) is 0.136. The smallest absolute Gasteiger partial charge is 0.295 e. The Morgan fingerprint density at radius 2 is 1.90 bits per heavy atom. The van der Waals surface area contributed by atoms with E-state index in [-0.39, 0.29) is 17.5 Å². The molecule has 0 fully saturated rings. The maximum atomic E-state index is 13.3. The predicted octanol–water partition coefficient (Wildman–Crippen LogP) is 4.73. The van der Waals surface area contributed by atoms with Crippen molar-refractivity contribution in [2.45, 2.75) is 18.0 Å². The van der Waals surface area contributed by atoms with Crippen molar-refractivity contribution in [3.63, 3.8) is 0 Å². The summed E-state index contributed by atoms with van der Waals surface area (Å²) < 4.78 is 5.26. The van der Waals surface area contributed by atoms with Crippen LogP contribution in [-0.2, 0) is 6.54 Å². The molecule has 154 valence electrons. The number of carbonyl (C=O) groups is 1. The summed E-state index contributed by atoms with van der Waals surface area (Å²) in [7, 11) is 0. The molecule has 0 bridgehead atoms. The van der Waals surface area contributed by atoms with Gasteiger partial charge in [-0.3, -0.25) is 4.79 Å². The van der Waals surface area contributed by atoms with Gasteiger partial charge in [0.05, 0.1) is 5.92 Å². The molecule has 0 saturated heterocycles. The molecule has 1 aliphatic rings. The Bertz CT molecular complexity index is 1230. The minimum Gasteiger partial charge on any atom is -0.350 e. The van der Waals surface area contributed by atoms with Crippen LogP contribution in [0.25, 0.3) is 11.5 Å². The molecule has 2 unspecified atom stereocenters. The minimum atomic E-state index is -0.649. The van der Waals surface area contributed by atoms with Gasteiger partial charge in [0.1, 0.15) is 17.5 Å². The molecule has 0 amide bonds. The summed E-state index contributed by atoms with van der Waals surface area (Å²) in [6.07, 6.45) is 2.95. The number of aromatic nitrogens is 4. The minimum absolute atomic E-state index is 0.104. The third-order valence-corrected chi connectivity index (χ3v) is 5.89. The fourth-order valence-corrected chi connectivity index (χ4v) is 4.23. The molecule has 2 aromatic carbocycles. The average Bonchev–Trinajstić information content (AvgIpc) is 3.40. The maximum Gasteiger partial charge on any atom is 0.295 e. The Hall–Kier alpha value is -3.29. The molecule has 5 rings (SSSR count). The number of nitrogens with zero attached hydrogens (tertiary/aromatic N) is 5. The van der Waals surface area contributed by atoms with Gasteiger partial charge in [-0.1, -0.05) is 58.7 Å². The van der Waals surface area contributed by atoms with E-state index in [2.05, 4.69) is 20.1 Å². The lowest BCUT2D eigenvalue weighted by molar-refractivity contribution is 0.0917. The molecule has 3 heterocycles. The number of anilines is 1. The number of alkyl halides is 1. The van der Waals surface area contributed by atoms with E-state index < -0.39 is 11.4 Å². The van der Waals surface area contributed by atoms with E-state index >= 15 is 0 Å². The van der Waals surface area contributed by atoms with Gasteiger partial charge < -0.3 is 9.42 Å². The molecule has 31 heavy (non-hydrogen) atoms. The summed E-state index contributed by atoms with van der Waals surface area (Å²) in [6.45, 7) is 0.530. The van der Waals surface area contributed by atoms with Gasteiger partial charge in [-0.2, -0.15) is 4.98 Å². The van der Waals surface area contributed by atoms with Crippen molar-refractivity contribution < 1.29 is 9.32 Å². The Balaban J connectivity index is 1.46. The first-order valence-electron chi connectivity index (χ1n) is 9.50. The molecular weight excluding hydrogens is 437 g/mol. The normalized spacial score (nSPS) is 17.5. The van der Waals surface area contributed by atoms with Crippen molar-refractivity contribution in [2.24, 2.45) is 0 Å². The highest BCUT2D eigenvalue weighted by Gasteiger charge is 2.43. The fourth-order valence-electron chi connectivity index (χ4n) is 3.68. The molecule has 7 nitrogen and oxygen atoms in total. The quantitative estimate of drug-likeness (QED) is 0.246. The SMILES string of the molecule is O=C(c1nc(-c2ccncn2)no1)C1c2ccccc2N(Cc2ccc(Cl)cc2)C1Cl. The van der Waals surface area contributed by atoms with Crippen molar-refractivity contribution in [3.8, 4) is 11.5 Å². The van der Waals surface area contributed by atoms with Gasteiger partial charge in [0.2, 0.25) is 11.6 Å². The van der Waals surface area contributed by atoms with E-state index in [1.54, 1.807) is 12.3 Å². The number of hydrogen-bond acceptors (Lipinski definition) is 7. The highest BCUT2D eigenvalue weighted by atomic mass is 35.5. The number of carbonyl (C=O) groups excluding carboxylic acids is 1. The van der Waals surface area contributed by atoms with E-state index in [1.807, 2.05) is 53.4 Å². The van der Waals surface area contributed by atoms with Crippen LogP contribution in [0.3, 0.4) is 0 Å². The van der Waals surface area contributed by atoms with Crippen molar-refractivity contribution >= 4 is 34.7 Å². The Morgan fingerprint density at radius 1 is 1.10 bits per heavy atom. The molecule has 1 aliphatic heterocycles. The van der Waals surface area contributed by atoms with Gasteiger partial charge in [0.25, 0.3) is 5.89 Å². The summed E-state index contributed by atoms with van der Waals surface area (Å²) in [5.74, 6) is -0.865. The summed E-state index contributed by atoms with van der Waals surface area (Å²) in [4.78, 5) is 27.5. The van der Waals surface area contributed by atoms with Gasteiger partial charge in [0.15, 0.2) is 0 Å².